The molecule has 2 aromatic carbocycles. The third kappa shape index (κ3) is 1.95. The maximum Gasteiger partial charge on any atom is 0.133 e. The highest BCUT2D eigenvalue weighted by Gasteiger charge is 2.06. The molecule has 2 aromatic rings. The molecule has 4 heteroatoms. The monoisotopic (exact) mass is 236 g/mol. The number of nitriles is 2. The predicted molar refractivity (Wildman–Crippen MR) is 64.6 cm³/mol. The van der Waals surface area contributed by atoms with Crippen LogP contribution in [0.1, 0.15) is 11.1 Å². The first-order chi connectivity index (χ1) is 8.65. The largest absolute Gasteiger partial charge is 0.507 e. The van der Waals surface area contributed by atoms with E-state index >= 15 is 0 Å². The van der Waals surface area contributed by atoms with Crippen molar-refractivity contribution in [2.24, 2.45) is 0 Å². The summed E-state index contributed by atoms with van der Waals surface area (Å²) < 4.78 is 0. The van der Waals surface area contributed by atoms with Crippen LogP contribution < -0.4 is 0 Å². The maximum atomic E-state index is 9.59. The van der Waals surface area contributed by atoms with E-state index in [9.17, 15) is 10.2 Å². The molecular weight excluding hydrogens is 228 g/mol. The van der Waals surface area contributed by atoms with Crippen molar-refractivity contribution in [3.63, 3.8) is 0 Å². The van der Waals surface area contributed by atoms with E-state index in [1.807, 2.05) is 12.1 Å². The van der Waals surface area contributed by atoms with Crippen LogP contribution in [-0.2, 0) is 0 Å². The van der Waals surface area contributed by atoms with Crippen LogP contribution >= 0.6 is 0 Å². The Bertz CT molecular complexity index is 632. The van der Waals surface area contributed by atoms with E-state index in [0.29, 0.717) is 11.1 Å². The molecule has 0 heterocycles. The SMILES string of the molecule is N#Cc1ccc(-c2ccc(C#N)c(O)c2)cc1O. The van der Waals surface area contributed by atoms with Crippen LogP contribution in [0.4, 0.5) is 0 Å². The zero-order valence-electron chi connectivity index (χ0n) is 9.25. The molecule has 0 bridgehead atoms. The molecule has 4 nitrogen and oxygen atoms in total. The van der Waals surface area contributed by atoms with E-state index in [-0.39, 0.29) is 22.6 Å². The van der Waals surface area contributed by atoms with Gasteiger partial charge in [0.1, 0.15) is 23.6 Å². The van der Waals surface area contributed by atoms with Crippen molar-refractivity contribution in [2.75, 3.05) is 0 Å². The molecular formula is C14H8N2O2. The van der Waals surface area contributed by atoms with Crippen LogP contribution in [0.3, 0.4) is 0 Å². The van der Waals surface area contributed by atoms with E-state index in [2.05, 4.69) is 0 Å². The minimum atomic E-state index is -0.112. The standard InChI is InChI=1S/C14H8N2O2/c15-7-11-3-1-9(5-13(11)17)10-2-4-12(8-16)14(18)6-10/h1-6,17-18H. The van der Waals surface area contributed by atoms with Gasteiger partial charge in [-0.25, -0.2) is 0 Å². The summed E-state index contributed by atoms with van der Waals surface area (Å²) in [5.74, 6) is -0.224. The second-order valence-electron chi connectivity index (χ2n) is 3.69. The first-order valence-electron chi connectivity index (χ1n) is 5.12. The Hall–Kier alpha value is -2.98. The van der Waals surface area contributed by atoms with Gasteiger partial charge >= 0.3 is 0 Å². The van der Waals surface area contributed by atoms with Crippen molar-refractivity contribution in [1.29, 1.82) is 10.5 Å². The minimum Gasteiger partial charge on any atom is -0.507 e. The summed E-state index contributed by atoms with van der Waals surface area (Å²) in [5.41, 5.74) is 1.70. The lowest BCUT2D eigenvalue weighted by Crippen LogP contribution is -1.83. The molecule has 0 unspecified atom stereocenters. The van der Waals surface area contributed by atoms with E-state index in [0.717, 1.165) is 0 Å². The third-order valence-corrected chi connectivity index (χ3v) is 2.57. The normalized spacial score (nSPS) is 9.44. The average Bonchev–Trinajstić information content (AvgIpc) is 2.38. The van der Waals surface area contributed by atoms with Gasteiger partial charge in [-0.2, -0.15) is 10.5 Å². The fourth-order valence-electron chi connectivity index (χ4n) is 1.61. The summed E-state index contributed by atoms with van der Waals surface area (Å²) in [4.78, 5) is 0. The Morgan fingerprint density at radius 2 is 1.11 bits per heavy atom. The van der Waals surface area contributed by atoms with E-state index in [1.165, 1.54) is 24.3 Å². The molecule has 2 N–H and O–H groups in total. The molecule has 0 saturated heterocycles. The first-order valence-corrected chi connectivity index (χ1v) is 5.12. The molecule has 0 radical (unpaired) electrons. The van der Waals surface area contributed by atoms with Gasteiger partial charge in [-0.15, -0.1) is 0 Å². The van der Waals surface area contributed by atoms with Gasteiger partial charge in [-0.05, 0) is 35.4 Å². The molecule has 0 fully saturated rings. The fourth-order valence-corrected chi connectivity index (χ4v) is 1.61. The number of hydrogen-bond donors (Lipinski definition) is 2. The van der Waals surface area contributed by atoms with Gasteiger partial charge in [0.15, 0.2) is 0 Å². The fraction of sp³-hybridized carbons (Fsp3) is 0. The smallest absolute Gasteiger partial charge is 0.133 e. The lowest BCUT2D eigenvalue weighted by Gasteiger charge is -2.05. The van der Waals surface area contributed by atoms with Crippen molar-refractivity contribution >= 4 is 0 Å². The topological polar surface area (TPSA) is 88.0 Å². The summed E-state index contributed by atoms with van der Waals surface area (Å²) in [5, 5.41) is 36.6. The molecule has 0 saturated carbocycles. The van der Waals surface area contributed by atoms with Gasteiger partial charge < -0.3 is 10.2 Å². The highest BCUT2D eigenvalue weighted by Crippen LogP contribution is 2.29. The summed E-state index contributed by atoms with van der Waals surface area (Å²) >= 11 is 0. The molecule has 0 spiro atoms. The quantitative estimate of drug-likeness (QED) is 0.796. The Morgan fingerprint density at radius 1 is 0.722 bits per heavy atom. The van der Waals surface area contributed by atoms with Crippen molar-refractivity contribution in [3.05, 3.63) is 47.5 Å². The van der Waals surface area contributed by atoms with Crippen LogP contribution in [0.25, 0.3) is 11.1 Å². The maximum absolute atomic E-state index is 9.59. The van der Waals surface area contributed by atoms with Gasteiger partial charge in [0.25, 0.3) is 0 Å². The second kappa shape index (κ2) is 4.48. The van der Waals surface area contributed by atoms with Gasteiger partial charge in [0.2, 0.25) is 0 Å². The van der Waals surface area contributed by atoms with E-state index in [1.54, 1.807) is 12.1 Å². The molecule has 0 atom stereocenters. The Balaban J connectivity index is 2.51. The van der Waals surface area contributed by atoms with Gasteiger partial charge in [-0.3, -0.25) is 0 Å². The van der Waals surface area contributed by atoms with Gasteiger partial charge in [0, 0.05) is 0 Å². The molecule has 18 heavy (non-hydrogen) atoms. The van der Waals surface area contributed by atoms with E-state index < -0.39 is 0 Å². The van der Waals surface area contributed by atoms with Crippen LogP contribution in [0.5, 0.6) is 11.5 Å². The van der Waals surface area contributed by atoms with Crippen molar-refractivity contribution < 1.29 is 10.2 Å². The van der Waals surface area contributed by atoms with Crippen molar-refractivity contribution in [1.82, 2.24) is 0 Å². The van der Waals surface area contributed by atoms with Crippen LogP contribution in [0.2, 0.25) is 0 Å². The van der Waals surface area contributed by atoms with Gasteiger partial charge in [-0.1, -0.05) is 12.1 Å². The van der Waals surface area contributed by atoms with Crippen LogP contribution in [-0.4, -0.2) is 10.2 Å². The molecule has 0 aliphatic carbocycles. The molecule has 0 aliphatic rings. The second-order valence-corrected chi connectivity index (χ2v) is 3.69. The van der Waals surface area contributed by atoms with Gasteiger partial charge in [0.05, 0.1) is 11.1 Å². The summed E-state index contributed by atoms with van der Waals surface area (Å²) in [6, 6.07) is 12.9. The van der Waals surface area contributed by atoms with Crippen molar-refractivity contribution in [2.45, 2.75) is 0 Å². The number of phenols is 2. The molecule has 0 aromatic heterocycles. The summed E-state index contributed by atoms with van der Waals surface area (Å²) in [6.45, 7) is 0. The molecule has 86 valence electrons. The average molecular weight is 236 g/mol. The lowest BCUT2D eigenvalue weighted by molar-refractivity contribution is 0.472. The van der Waals surface area contributed by atoms with Crippen LogP contribution in [0, 0.1) is 22.7 Å². The van der Waals surface area contributed by atoms with Crippen LogP contribution in [0.15, 0.2) is 36.4 Å². The zero-order chi connectivity index (χ0) is 13.1. The number of aromatic hydroxyl groups is 2. The first kappa shape index (κ1) is 11.5. The minimum absolute atomic E-state index is 0.112. The third-order valence-electron chi connectivity index (χ3n) is 2.57. The zero-order valence-corrected chi connectivity index (χ0v) is 9.25. The number of benzene rings is 2. The lowest BCUT2D eigenvalue weighted by atomic mass is 10.0. The molecule has 0 aliphatic heterocycles. The number of phenolic OH excluding ortho intramolecular Hbond substituents is 2. The summed E-state index contributed by atoms with van der Waals surface area (Å²) in [6.07, 6.45) is 0. The molecule has 0 amide bonds. The Labute approximate surface area is 104 Å². The molecule has 2 rings (SSSR count). The Morgan fingerprint density at radius 3 is 1.39 bits per heavy atom. The highest BCUT2D eigenvalue weighted by atomic mass is 16.3. The van der Waals surface area contributed by atoms with Crippen molar-refractivity contribution in [3.8, 4) is 34.8 Å². The number of nitrogens with zero attached hydrogens (tertiary/aromatic N) is 2. The Kier molecular flexibility index (Phi) is 2.87. The number of hydrogen-bond acceptors (Lipinski definition) is 4. The highest BCUT2D eigenvalue weighted by molar-refractivity contribution is 5.69. The predicted octanol–water partition coefficient (Wildman–Crippen LogP) is 2.51. The van der Waals surface area contributed by atoms with E-state index in [4.69, 9.17) is 10.5 Å². The summed E-state index contributed by atoms with van der Waals surface area (Å²) in [7, 11) is 0. The number of rotatable bonds is 1.